The van der Waals surface area contributed by atoms with E-state index in [-0.39, 0.29) is 0 Å². The van der Waals surface area contributed by atoms with Crippen molar-refractivity contribution in [3.8, 4) is 0 Å². The summed E-state index contributed by atoms with van der Waals surface area (Å²) in [5.41, 5.74) is 1.77. The maximum Gasteiger partial charge on any atom is 0.0957 e. The van der Waals surface area contributed by atoms with Gasteiger partial charge in [0.2, 0.25) is 0 Å². The predicted octanol–water partition coefficient (Wildman–Crippen LogP) is 1.09. The molecule has 0 bridgehead atoms. The Balaban J connectivity index is 2.05. The third kappa shape index (κ3) is 3.04. The Bertz CT molecular complexity index is 384. The van der Waals surface area contributed by atoms with E-state index in [1.807, 2.05) is 19.1 Å². The van der Waals surface area contributed by atoms with E-state index in [0.29, 0.717) is 6.42 Å². The molecule has 1 N–H and O–H groups in total. The van der Waals surface area contributed by atoms with Gasteiger partial charge in [0.15, 0.2) is 0 Å². The third-order valence-corrected chi connectivity index (χ3v) is 4.32. The summed E-state index contributed by atoms with van der Waals surface area (Å²) in [6.07, 6.45) is 2.00. The molecule has 1 saturated heterocycles. The minimum Gasteiger partial charge on any atom is -0.387 e. The van der Waals surface area contributed by atoms with Crippen molar-refractivity contribution < 1.29 is 9.32 Å². The van der Waals surface area contributed by atoms with Crippen LogP contribution in [-0.4, -0.2) is 38.9 Å². The van der Waals surface area contributed by atoms with Crippen molar-refractivity contribution in [1.82, 2.24) is 4.98 Å². The van der Waals surface area contributed by atoms with Crippen LogP contribution in [0.5, 0.6) is 0 Å². The van der Waals surface area contributed by atoms with Gasteiger partial charge in [-0.25, -0.2) is 0 Å². The van der Waals surface area contributed by atoms with E-state index < -0.39 is 16.9 Å². The number of aliphatic hydroxyl groups excluding tert-OH is 1. The molecular weight excluding hydrogens is 236 g/mol. The minimum absolute atomic E-state index is 0.474. The van der Waals surface area contributed by atoms with Crippen LogP contribution in [0.3, 0.4) is 0 Å². The summed E-state index contributed by atoms with van der Waals surface area (Å²) in [7, 11) is -0.650. The molecule has 0 amide bonds. The van der Waals surface area contributed by atoms with Gasteiger partial charge in [-0.05, 0) is 18.6 Å². The quantitative estimate of drug-likeness (QED) is 0.877. The van der Waals surface area contributed by atoms with Crippen LogP contribution in [0.1, 0.15) is 25.1 Å². The number of rotatable bonds is 3. The first-order valence-corrected chi connectivity index (χ1v) is 7.43. The molecule has 0 saturated carbocycles. The number of aromatic nitrogens is 1. The number of pyridine rings is 1. The molecule has 94 valence electrons. The molecule has 5 heteroatoms. The van der Waals surface area contributed by atoms with Crippen LogP contribution in [0, 0.1) is 0 Å². The second-order valence-electron chi connectivity index (χ2n) is 4.20. The number of hydrogen-bond acceptors (Lipinski definition) is 4. The smallest absolute Gasteiger partial charge is 0.0957 e. The number of hydrogen-bond donors (Lipinski definition) is 1. The number of nitrogens with zero attached hydrogens (tertiary/aromatic N) is 2. The van der Waals surface area contributed by atoms with Crippen LogP contribution < -0.4 is 4.90 Å². The van der Waals surface area contributed by atoms with E-state index in [1.54, 1.807) is 6.20 Å². The Morgan fingerprint density at radius 1 is 1.47 bits per heavy atom. The van der Waals surface area contributed by atoms with Gasteiger partial charge < -0.3 is 10.0 Å². The predicted molar refractivity (Wildman–Crippen MR) is 69.6 cm³/mol. The average molecular weight is 254 g/mol. The van der Waals surface area contributed by atoms with Gasteiger partial charge in [-0.3, -0.25) is 9.19 Å². The first kappa shape index (κ1) is 12.5. The van der Waals surface area contributed by atoms with E-state index in [9.17, 15) is 9.32 Å². The normalized spacial score (nSPS) is 19.3. The van der Waals surface area contributed by atoms with Gasteiger partial charge in [-0.15, -0.1) is 0 Å². The second-order valence-corrected chi connectivity index (χ2v) is 5.90. The molecule has 2 heterocycles. The fourth-order valence-electron chi connectivity index (χ4n) is 1.89. The van der Waals surface area contributed by atoms with Crippen LogP contribution in [0.2, 0.25) is 0 Å². The highest BCUT2D eigenvalue weighted by Crippen LogP contribution is 2.19. The van der Waals surface area contributed by atoms with Crippen LogP contribution in [0.4, 0.5) is 5.69 Å². The summed E-state index contributed by atoms with van der Waals surface area (Å²) in [4.78, 5) is 6.47. The summed E-state index contributed by atoms with van der Waals surface area (Å²) in [5.74, 6) is 1.47. The molecule has 17 heavy (non-hydrogen) atoms. The van der Waals surface area contributed by atoms with Crippen LogP contribution in [0.25, 0.3) is 0 Å². The van der Waals surface area contributed by atoms with Crippen molar-refractivity contribution in [3.63, 3.8) is 0 Å². The molecule has 0 radical (unpaired) electrons. The Morgan fingerprint density at radius 2 is 2.18 bits per heavy atom. The highest BCUT2D eigenvalue weighted by molar-refractivity contribution is 7.85. The van der Waals surface area contributed by atoms with Crippen LogP contribution in [0.15, 0.2) is 18.3 Å². The lowest BCUT2D eigenvalue weighted by atomic mass is 10.2. The van der Waals surface area contributed by atoms with Gasteiger partial charge in [0.25, 0.3) is 0 Å². The zero-order valence-corrected chi connectivity index (χ0v) is 10.8. The zero-order valence-electron chi connectivity index (χ0n) is 10.0. The maximum atomic E-state index is 11.3. The summed E-state index contributed by atoms with van der Waals surface area (Å²) < 4.78 is 11.3. The average Bonchev–Trinajstić information content (AvgIpc) is 2.39. The van der Waals surface area contributed by atoms with Crippen molar-refractivity contribution in [2.24, 2.45) is 0 Å². The van der Waals surface area contributed by atoms with Gasteiger partial charge in [0, 0.05) is 35.4 Å². The standard InChI is InChI=1S/C12H18N2O2S/c1-2-12(15)11-4-3-10(9-13-11)14-5-7-17(16)8-6-14/h3-4,9,12,15H,2,5-8H2,1H3. The summed E-state index contributed by atoms with van der Waals surface area (Å²) in [6.45, 7) is 3.58. The fraction of sp³-hybridized carbons (Fsp3) is 0.583. The molecule has 1 aliphatic heterocycles. The first-order chi connectivity index (χ1) is 8.20. The van der Waals surface area contributed by atoms with Gasteiger partial charge in [0.05, 0.1) is 23.7 Å². The Labute approximate surface area is 104 Å². The molecule has 1 aromatic rings. The molecule has 2 rings (SSSR count). The van der Waals surface area contributed by atoms with Crippen molar-refractivity contribution >= 4 is 16.5 Å². The fourth-order valence-corrected chi connectivity index (χ4v) is 2.94. The molecule has 1 unspecified atom stereocenters. The number of anilines is 1. The highest BCUT2D eigenvalue weighted by Gasteiger charge is 2.16. The van der Waals surface area contributed by atoms with Gasteiger partial charge >= 0.3 is 0 Å². The molecule has 1 aliphatic rings. The van der Waals surface area contributed by atoms with E-state index in [4.69, 9.17) is 0 Å². The van der Waals surface area contributed by atoms with Crippen molar-refractivity contribution in [2.75, 3.05) is 29.5 Å². The number of aliphatic hydroxyl groups is 1. The molecule has 0 spiro atoms. The highest BCUT2D eigenvalue weighted by atomic mass is 32.2. The van der Waals surface area contributed by atoms with E-state index in [2.05, 4.69) is 9.88 Å². The summed E-state index contributed by atoms with van der Waals surface area (Å²) in [5, 5.41) is 9.65. The first-order valence-electron chi connectivity index (χ1n) is 5.94. The van der Waals surface area contributed by atoms with E-state index in [1.165, 1.54) is 0 Å². The summed E-state index contributed by atoms with van der Waals surface area (Å²) >= 11 is 0. The van der Waals surface area contributed by atoms with E-state index in [0.717, 1.165) is 36.0 Å². The molecule has 0 aliphatic carbocycles. The lowest BCUT2D eigenvalue weighted by Gasteiger charge is -2.28. The maximum absolute atomic E-state index is 11.3. The van der Waals surface area contributed by atoms with Gasteiger partial charge in [0.1, 0.15) is 0 Å². The lowest BCUT2D eigenvalue weighted by molar-refractivity contribution is 0.169. The Hall–Kier alpha value is -0.940. The zero-order chi connectivity index (χ0) is 12.3. The monoisotopic (exact) mass is 254 g/mol. The molecule has 0 aromatic carbocycles. The van der Waals surface area contributed by atoms with Crippen LogP contribution >= 0.6 is 0 Å². The molecule has 1 fully saturated rings. The second kappa shape index (κ2) is 5.60. The van der Waals surface area contributed by atoms with Crippen molar-refractivity contribution in [2.45, 2.75) is 19.4 Å². The SMILES string of the molecule is CCC(O)c1ccc(N2CCS(=O)CC2)cn1. The topological polar surface area (TPSA) is 53.4 Å². The largest absolute Gasteiger partial charge is 0.387 e. The van der Waals surface area contributed by atoms with E-state index >= 15 is 0 Å². The molecule has 1 atom stereocenters. The summed E-state index contributed by atoms with van der Waals surface area (Å²) in [6, 6.07) is 3.85. The Morgan fingerprint density at radius 3 is 2.71 bits per heavy atom. The van der Waals surface area contributed by atoms with Crippen LogP contribution in [-0.2, 0) is 10.8 Å². The Kier molecular flexibility index (Phi) is 4.12. The van der Waals surface area contributed by atoms with Gasteiger partial charge in [-0.2, -0.15) is 0 Å². The van der Waals surface area contributed by atoms with Crippen molar-refractivity contribution in [3.05, 3.63) is 24.0 Å². The molecule has 4 nitrogen and oxygen atoms in total. The molecule has 1 aromatic heterocycles. The minimum atomic E-state index is -0.650. The lowest BCUT2D eigenvalue weighted by Crippen LogP contribution is -2.37. The van der Waals surface area contributed by atoms with Crippen molar-refractivity contribution in [1.29, 1.82) is 0 Å². The van der Waals surface area contributed by atoms with Gasteiger partial charge in [-0.1, -0.05) is 6.92 Å². The molecular formula is C12H18N2O2S. The third-order valence-electron chi connectivity index (χ3n) is 3.04.